The molecule has 0 spiro atoms. The summed E-state index contributed by atoms with van der Waals surface area (Å²) in [7, 11) is 0. The maximum absolute atomic E-state index is 12.5. The molecule has 29 heavy (non-hydrogen) atoms. The number of piperidine rings is 1. The first-order valence-corrected chi connectivity index (χ1v) is 10.2. The molecule has 1 fully saturated rings. The van der Waals surface area contributed by atoms with Gasteiger partial charge in [-0.1, -0.05) is 41.4 Å². The third-order valence-corrected chi connectivity index (χ3v) is 5.53. The predicted octanol–water partition coefficient (Wildman–Crippen LogP) is 4.89. The number of hydrogen-bond donors (Lipinski definition) is 1. The molecule has 6 nitrogen and oxygen atoms in total. The number of aromatic nitrogens is 2. The van der Waals surface area contributed by atoms with Gasteiger partial charge in [0.25, 0.3) is 0 Å². The van der Waals surface area contributed by atoms with Crippen molar-refractivity contribution in [1.29, 1.82) is 0 Å². The van der Waals surface area contributed by atoms with Crippen LogP contribution in [0.3, 0.4) is 0 Å². The molecule has 3 aromatic rings. The zero-order chi connectivity index (χ0) is 20.2. The molecule has 8 heteroatoms. The van der Waals surface area contributed by atoms with Crippen LogP contribution in [0.2, 0.25) is 10.0 Å². The molecule has 0 aliphatic carbocycles. The fourth-order valence-corrected chi connectivity index (χ4v) is 3.89. The van der Waals surface area contributed by atoms with Crippen LogP contribution >= 0.6 is 23.2 Å². The molecule has 1 N–H and O–H groups in total. The summed E-state index contributed by atoms with van der Waals surface area (Å²) in [6, 6.07) is 14.7. The molecule has 4 rings (SSSR count). The molecular weight excluding hydrogens is 411 g/mol. The molecular formula is C21H20Cl2N4O2. The smallest absolute Gasteiger partial charge is 0.249 e. The Morgan fingerprint density at radius 1 is 1.10 bits per heavy atom. The number of hydrogen-bond acceptors (Lipinski definition) is 5. The van der Waals surface area contributed by atoms with E-state index in [1.54, 1.807) is 18.2 Å². The molecule has 0 radical (unpaired) electrons. The molecule has 0 bridgehead atoms. The Kier molecular flexibility index (Phi) is 6.13. The number of carbonyl (C=O) groups excluding carboxylic acids is 1. The van der Waals surface area contributed by atoms with Crippen LogP contribution in [-0.2, 0) is 11.3 Å². The van der Waals surface area contributed by atoms with Crippen LogP contribution in [0.25, 0.3) is 11.5 Å². The first kappa shape index (κ1) is 19.9. The van der Waals surface area contributed by atoms with Crippen molar-refractivity contribution < 1.29 is 9.21 Å². The van der Waals surface area contributed by atoms with E-state index in [4.69, 9.17) is 27.6 Å². The molecule has 1 saturated heterocycles. The monoisotopic (exact) mass is 430 g/mol. The van der Waals surface area contributed by atoms with Crippen molar-refractivity contribution >= 4 is 34.8 Å². The summed E-state index contributed by atoms with van der Waals surface area (Å²) in [5, 5.41) is 12.2. The van der Waals surface area contributed by atoms with E-state index >= 15 is 0 Å². The zero-order valence-corrected chi connectivity index (χ0v) is 17.2. The zero-order valence-electron chi connectivity index (χ0n) is 15.6. The topological polar surface area (TPSA) is 71.3 Å². The van der Waals surface area contributed by atoms with Gasteiger partial charge >= 0.3 is 0 Å². The third kappa shape index (κ3) is 4.96. The molecule has 1 aromatic heterocycles. The third-order valence-electron chi connectivity index (χ3n) is 4.99. The Labute approximate surface area is 178 Å². The van der Waals surface area contributed by atoms with Crippen LogP contribution in [-0.4, -0.2) is 34.1 Å². The summed E-state index contributed by atoms with van der Waals surface area (Å²) >= 11 is 12.1. The van der Waals surface area contributed by atoms with Crippen LogP contribution in [0, 0.1) is 5.92 Å². The fraction of sp³-hybridized carbons (Fsp3) is 0.286. The Morgan fingerprint density at radius 2 is 1.86 bits per heavy atom. The van der Waals surface area contributed by atoms with Gasteiger partial charge in [0.05, 0.1) is 17.1 Å². The van der Waals surface area contributed by atoms with E-state index in [-0.39, 0.29) is 11.8 Å². The number of nitrogens with one attached hydrogen (secondary N) is 1. The van der Waals surface area contributed by atoms with Crippen molar-refractivity contribution in [2.24, 2.45) is 5.92 Å². The highest BCUT2D eigenvalue weighted by molar-refractivity contribution is 6.36. The SMILES string of the molecule is O=C(Nc1ccccc1)C1CCN(Cc2nnc(-c3ccc(Cl)cc3Cl)o2)CC1. The van der Waals surface area contributed by atoms with Crippen molar-refractivity contribution in [2.75, 3.05) is 18.4 Å². The number of rotatable bonds is 5. The Morgan fingerprint density at radius 3 is 2.59 bits per heavy atom. The van der Waals surface area contributed by atoms with Crippen LogP contribution in [0.1, 0.15) is 18.7 Å². The lowest BCUT2D eigenvalue weighted by atomic mass is 9.96. The van der Waals surface area contributed by atoms with Crippen molar-refractivity contribution in [3.8, 4) is 11.5 Å². The lowest BCUT2D eigenvalue weighted by Gasteiger charge is -2.30. The average molecular weight is 431 g/mol. The number of anilines is 1. The van der Waals surface area contributed by atoms with Gasteiger partial charge in [-0.2, -0.15) is 0 Å². The Hall–Kier alpha value is -2.41. The number of halogens is 2. The van der Waals surface area contributed by atoms with E-state index in [0.717, 1.165) is 31.6 Å². The molecule has 0 atom stereocenters. The number of nitrogens with zero attached hydrogens (tertiary/aromatic N) is 3. The maximum Gasteiger partial charge on any atom is 0.249 e. The molecule has 150 valence electrons. The summed E-state index contributed by atoms with van der Waals surface area (Å²) in [6.45, 7) is 2.14. The van der Waals surface area contributed by atoms with E-state index in [2.05, 4.69) is 20.4 Å². The second-order valence-electron chi connectivity index (χ2n) is 7.03. The summed E-state index contributed by atoms with van der Waals surface area (Å²) < 4.78 is 5.78. The van der Waals surface area contributed by atoms with Gasteiger partial charge in [-0.15, -0.1) is 10.2 Å². The van der Waals surface area contributed by atoms with Crippen molar-refractivity contribution in [1.82, 2.24) is 15.1 Å². The minimum Gasteiger partial charge on any atom is -0.419 e. The standard InChI is InChI=1S/C21H20Cl2N4O2/c22-15-6-7-17(18(23)12-15)21-26-25-19(29-21)13-27-10-8-14(9-11-27)20(28)24-16-4-2-1-3-5-16/h1-7,12,14H,8-11,13H2,(H,24,28). The number of benzene rings is 2. The van der Waals surface area contributed by atoms with Gasteiger partial charge in [0.2, 0.25) is 17.7 Å². The number of para-hydroxylation sites is 1. The molecule has 1 aliphatic rings. The lowest BCUT2D eigenvalue weighted by molar-refractivity contribution is -0.121. The molecule has 2 heterocycles. The quantitative estimate of drug-likeness (QED) is 0.623. The molecule has 0 saturated carbocycles. The predicted molar refractivity (Wildman–Crippen MR) is 113 cm³/mol. The van der Waals surface area contributed by atoms with Crippen LogP contribution < -0.4 is 5.32 Å². The Bertz CT molecular complexity index is 985. The molecule has 1 aliphatic heterocycles. The molecule has 1 amide bonds. The second kappa shape index (κ2) is 8.95. The average Bonchev–Trinajstić information content (AvgIpc) is 3.17. The van der Waals surface area contributed by atoms with Gasteiger partial charge in [-0.05, 0) is 56.3 Å². The van der Waals surface area contributed by atoms with Crippen LogP contribution in [0.15, 0.2) is 52.9 Å². The maximum atomic E-state index is 12.5. The van der Waals surface area contributed by atoms with Gasteiger partial charge < -0.3 is 9.73 Å². The number of likely N-dealkylation sites (tertiary alicyclic amines) is 1. The Balaban J connectivity index is 1.31. The summed E-state index contributed by atoms with van der Waals surface area (Å²) in [6.07, 6.45) is 1.59. The van der Waals surface area contributed by atoms with Crippen molar-refractivity contribution in [2.45, 2.75) is 19.4 Å². The van der Waals surface area contributed by atoms with E-state index in [0.29, 0.717) is 33.9 Å². The highest BCUT2D eigenvalue weighted by Crippen LogP contribution is 2.30. The lowest BCUT2D eigenvalue weighted by Crippen LogP contribution is -2.37. The van der Waals surface area contributed by atoms with Crippen LogP contribution in [0.5, 0.6) is 0 Å². The normalized spacial score (nSPS) is 15.4. The van der Waals surface area contributed by atoms with Crippen molar-refractivity contribution in [3.63, 3.8) is 0 Å². The minimum absolute atomic E-state index is 0.0116. The van der Waals surface area contributed by atoms with Gasteiger partial charge in [-0.25, -0.2) is 0 Å². The number of carbonyl (C=O) groups is 1. The first-order chi connectivity index (χ1) is 14.1. The summed E-state index contributed by atoms with van der Waals surface area (Å²) in [5.41, 5.74) is 1.49. The highest BCUT2D eigenvalue weighted by Gasteiger charge is 2.26. The van der Waals surface area contributed by atoms with Gasteiger partial charge in [0.1, 0.15) is 0 Å². The van der Waals surface area contributed by atoms with Crippen LogP contribution in [0.4, 0.5) is 5.69 Å². The van der Waals surface area contributed by atoms with E-state index in [1.807, 2.05) is 30.3 Å². The largest absolute Gasteiger partial charge is 0.419 e. The van der Waals surface area contributed by atoms with E-state index < -0.39 is 0 Å². The van der Waals surface area contributed by atoms with E-state index in [1.165, 1.54) is 0 Å². The summed E-state index contributed by atoms with van der Waals surface area (Å²) in [4.78, 5) is 14.7. The highest BCUT2D eigenvalue weighted by atomic mass is 35.5. The minimum atomic E-state index is 0.0116. The van der Waals surface area contributed by atoms with Gasteiger partial charge in [0.15, 0.2) is 0 Å². The number of amides is 1. The second-order valence-corrected chi connectivity index (χ2v) is 7.87. The van der Waals surface area contributed by atoms with Crippen molar-refractivity contribution in [3.05, 3.63) is 64.5 Å². The molecule has 0 unspecified atom stereocenters. The first-order valence-electron chi connectivity index (χ1n) is 9.44. The van der Waals surface area contributed by atoms with Gasteiger partial charge in [0, 0.05) is 16.6 Å². The van der Waals surface area contributed by atoms with E-state index in [9.17, 15) is 4.79 Å². The molecule has 2 aromatic carbocycles. The van der Waals surface area contributed by atoms with Gasteiger partial charge in [-0.3, -0.25) is 9.69 Å². The fourth-order valence-electron chi connectivity index (χ4n) is 3.40. The summed E-state index contributed by atoms with van der Waals surface area (Å²) in [5.74, 6) is 0.989.